The van der Waals surface area contributed by atoms with Crippen LogP contribution >= 0.6 is 0 Å². The average Bonchev–Trinajstić information content (AvgIpc) is 2.47. The number of ether oxygens (including phenoxy) is 1. The Hall–Kier alpha value is -2.76. The summed E-state index contributed by atoms with van der Waals surface area (Å²) >= 11 is 0. The lowest BCUT2D eigenvalue weighted by molar-refractivity contribution is 0.139. The summed E-state index contributed by atoms with van der Waals surface area (Å²) < 4.78 is 6.73. The van der Waals surface area contributed by atoms with Gasteiger partial charge in [-0.3, -0.25) is 13.9 Å². The molecule has 0 bridgehead atoms. The number of methoxy groups -OCH3 is 1. The highest BCUT2D eigenvalue weighted by Crippen LogP contribution is 1.99. The molecule has 0 unspecified atom stereocenters. The number of aliphatic hydroxyl groups excluding tert-OH is 1. The Balaban J connectivity index is 2.46. The van der Waals surface area contributed by atoms with Gasteiger partial charge in [-0.2, -0.15) is 0 Å². The van der Waals surface area contributed by atoms with Gasteiger partial charge < -0.3 is 9.84 Å². The molecule has 0 aliphatic carbocycles. The van der Waals surface area contributed by atoms with Gasteiger partial charge in [0.15, 0.2) is 0 Å². The Morgan fingerprint density at radius 3 is 2.60 bits per heavy atom. The minimum absolute atomic E-state index is 0.168. The molecule has 0 atom stereocenters. The molecule has 1 aromatic carbocycles. The van der Waals surface area contributed by atoms with Gasteiger partial charge in [-0.25, -0.2) is 4.79 Å². The zero-order valence-electron chi connectivity index (χ0n) is 10.9. The summed E-state index contributed by atoms with van der Waals surface area (Å²) in [7, 11) is 1.27. The normalized spacial score (nSPS) is 11.3. The Labute approximate surface area is 114 Å². The molecule has 0 aliphatic heterocycles. The van der Waals surface area contributed by atoms with E-state index in [9.17, 15) is 14.7 Å². The first-order valence-electron chi connectivity index (χ1n) is 5.92. The van der Waals surface area contributed by atoms with Gasteiger partial charge in [0, 0.05) is 12.3 Å². The number of hydrogen-bond acceptors (Lipinski definition) is 4. The zero-order chi connectivity index (χ0) is 14.5. The van der Waals surface area contributed by atoms with Gasteiger partial charge in [0.25, 0.3) is 11.5 Å². The van der Waals surface area contributed by atoms with E-state index in [-0.39, 0.29) is 6.54 Å². The number of nitrogens with zero attached hydrogens (tertiary/aromatic N) is 2. The highest BCUT2D eigenvalue weighted by molar-refractivity contribution is 5.22. The summed E-state index contributed by atoms with van der Waals surface area (Å²) in [5.74, 6) is -0.419. The van der Waals surface area contributed by atoms with Crippen molar-refractivity contribution in [2.24, 2.45) is 0 Å². The third-order valence-corrected chi connectivity index (χ3v) is 2.74. The van der Waals surface area contributed by atoms with Gasteiger partial charge in [0.05, 0.1) is 19.9 Å². The predicted molar refractivity (Wildman–Crippen MR) is 74.4 cm³/mol. The largest absolute Gasteiger partial charge is 0.480 e. The Morgan fingerprint density at radius 1 is 1.25 bits per heavy atom. The maximum Gasteiger partial charge on any atom is 0.335 e. The van der Waals surface area contributed by atoms with E-state index in [0.29, 0.717) is 0 Å². The summed E-state index contributed by atoms with van der Waals surface area (Å²) in [6.45, 7) is 0.168. The monoisotopic (exact) mass is 274 g/mol. The van der Waals surface area contributed by atoms with Crippen molar-refractivity contribution in [2.75, 3.05) is 7.11 Å². The molecule has 1 heterocycles. The van der Waals surface area contributed by atoms with Crippen molar-refractivity contribution in [3.8, 4) is 0 Å². The van der Waals surface area contributed by atoms with E-state index in [1.807, 2.05) is 30.3 Å². The van der Waals surface area contributed by atoms with Crippen LogP contribution in [0.25, 0.3) is 6.20 Å². The molecule has 0 fully saturated rings. The molecule has 0 aliphatic rings. The molecule has 1 N–H and O–H groups in total. The molecular formula is C14H14N2O4. The molecule has 104 valence electrons. The fraction of sp³-hybridized carbons (Fsp3) is 0.143. The molecule has 2 rings (SSSR count). The first-order chi connectivity index (χ1) is 9.61. The second-order valence-electron chi connectivity index (χ2n) is 4.09. The maximum atomic E-state index is 12.2. The Kier molecular flexibility index (Phi) is 4.05. The molecule has 0 amide bonds. The lowest BCUT2D eigenvalue weighted by Gasteiger charge is -2.07. The average molecular weight is 274 g/mol. The standard InChI is InChI=1S/C14H14N2O4/c1-20-13(18)10-15-8-7-12(17)16(14(15)19)9-11-5-3-2-4-6-11/h2-8,10,18H,9H2,1H3. The second kappa shape index (κ2) is 5.92. The van der Waals surface area contributed by atoms with Crippen LogP contribution in [0.15, 0.2) is 58.1 Å². The molecule has 20 heavy (non-hydrogen) atoms. The van der Waals surface area contributed by atoms with Crippen LogP contribution < -0.4 is 11.2 Å². The summed E-state index contributed by atoms with van der Waals surface area (Å²) in [4.78, 5) is 23.9. The van der Waals surface area contributed by atoms with Crippen molar-refractivity contribution in [2.45, 2.75) is 6.54 Å². The summed E-state index contributed by atoms with van der Waals surface area (Å²) in [6.07, 6.45) is 2.38. The zero-order valence-corrected chi connectivity index (χ0v) is 10.9. The van der Waals surface area contributed by atoms with Gasteiger partial charge in [-0.15, -0.1) is 0 Å². The smallest absolute Gasteiger partial charge is 0.335 e. The highest BCUT2D eigenvalue weighted by atomic mass is 16.6. The van der Waals surface area contributed by atoms with Gasteiger partial charge in [0.1, 0.15) is 0 Å². The minimum Gasteiger partial charge on any atom is -0.480 e. The molecular weight excluding hydrogens is 260 g/mol. The van der Waals surface area contributed by atoms with Gasteiger partial charge in [0.2, 0.25) is 0 Å². The molecule has 0 radical (unpaired) electrons. The van der Waals surface area contributed by atoms with Crippen LogP contribution in [0.1, 0.15) is 5.56 Å². The molecule has 6 nitrogen and oxygen atoms in total. The SMILES string of the molecule is COC(O)=Cn1ccc(=O)n(Cc2ccccc2)c1=O. The number of aliphatic hydroxyl groups is 1. The van der Waals surface area contributed by atoms with Gasteiger partial charge >= 0.3 is 5.69 Å². The molecule has 1 aromatic heterocycles. The van der Waals surface area contributed by atoms with E-state index in [1.54, 1.807) is 0 Å². The second-order valence-corrected chi connectivity index (χ2v) is 4.09. The van der Waals surface area contributed by atoms with Crippen LogP contribution in [0.4, 0.5) is 0 Å². The van der Waals surface area contributed by atoms with Gasteiger partial charge in [-0.1, -0.05) is 30.3 Å². The molecule has 0 spiro atoms. The minimum atomic E-state index is -0.551. The molecule has 6 heteroatoms. The fourth-order valence-corrected chi connectivity index (χ4v) is 1.71. The molecule has 0 saturated heterocycles. The first-order valence-corrected chi connectivity index (χ1v) is 5.92. The summed E-state index contributed by atoms with van der Waals surface area (Å²) in [6, 6.07) is 10.4. The molecule has 0 saturated carbocycles. The lowest BCUT2D eigenvalue weighted by Crippen LogP contribution is -2.37. The fourth-order valence-electron chi connectivity index (χ4n) is 1.71. The van der Waals surface area contributed by atoms with Crippen LogP contribution in [0, 0.1) is 0 Å². The van der Waals surface area contributed by atoms with Crippen LogP contribution in [-0.4, -0.2) is 21.4 Å². The van der Waals surface area contributed by atoms with Crippen molar-refractivity contribution >= 4 is 6.20 Å². The van der Waals surface area contributed by atoms with Crippen LogP contribution in [0.2, 0.25) is 0 Å². The molecule has 2 aromatic rings. The van der Waals surface area contributed by atoms with Crippen LogP contribution in [-0.2, 0) is 11.3 Å². The van der Waals surface area contributed by atoms with Gasteiger partial charge in [-0.05, 0) is 5.56 Å². The van der Waals surface area contributed by atoms with Crippen molar-refractivity contribution in [1.82, 2.24) is 9.13 Å². The Bertz CT molecular complexity index is 729. The van der Waals surface area contributed by atoms with E-state index in [1.165, 1.54) is 19.4 Å². The number of hydrogen-bond donors (Lipinski definition) is 1. The summed E-state index contributed by atoms with van der Waals surface area (Å²) in [5, 5.41) is 9.28. The highest BCUT2D eigenvalue weighted by Gasteiger charge is 2.05. The quantitative estimate of drug-likeness (QED) is 0.845. The first kappa shape index (κ1) is 13.7. The third-order valence-electron chi connectivity index (χ3n) is 2.74. The summed E-state index contributed by atoms with van der Waals surface area (Å²) in [5.41, 5.74) is -0.116. The number of benzene rings is 1. The third kappa shape index (κ3) is 2.97. The van der Waals surface area contributed by atoms with Crippen LogP contribution in [0.5, 0.6) is 0 Å². The van der Waals surface area contributed by atoms with Crippen molar-refractivity contribution < 1.29 is 9.84 Å². The van der Waals surface area contributed by atoms with E-state index < -0.39 is 17.2 Å². The number of aromatic nitrogens is 2. The van der Waals surface area contributed by atoms with E-state index >= 15 is 0 Å². The predicted octanol–water partition coefficient (Wildman–Crippen LogP) is 1.02. The van der Waals surface area contributed by atoms with Crippen molar-refractivity contribution in [1.29, 1.82) is 0 Å². The van der Waals surface area contributed by atoms with Crippen molar-refractivity contribution in [3.63, 3.8) is 0 Å². The van der Waals surface area contributed by atoms with E-state index in [4.69, 9.17) is 0 Å². The Morgan fingerprint density at radius 2 is 1.95 bits per heavy atom. The lowest BCUT2D eigenvalue weighted by atomic mass is 10.2. The van der Waals surface area contributed by atoms with Crippen LogP contribution in [0.3, 0.4) is 0 Å². The topological polar surface area (TPSA) is 73.5 Å². The van der Waals surface area contributed by atoms with Crippen molar-refractivity contribution in [3.05, 3.63) is 74.9 Å². The van der Waals surface area contributed by atoms with E-state index in [0.717, 1.165) is 20.9 Å². The number of rotatable bonds is 4. The maximum absolute atomic E-state index is 12.2. The van der Waals surface area contributed by atoms with E-state index in [2.05, 4.69) is 4.74 Å².